The van der Waals surface area contributed by atoms with Crippen LogP contribution in [0.4, 0.5) is 0 Å². The standard InChI is InChI=1S/C14H19NO4S/c1-2-10-7-8-11(14(16)17)9-13(10)20(18,19)15-12-5-3-4-6-12/h7-9,12,15H,2-6H2,1H3,(H,16,17). The molecule has 0 atom stereocenters. The minimum Gasteiger partial charge on any atom is -0.478 e. The molecule has 1 aliphatic carbocycles. The Hall–Kier alpha value is -1.40. The van der Waals surface area contributed by atoms with Crippen LogP contribution in [0, 0.1) is 0 Å². The first-order valence-electron chi connectivity index (χ1n) is 6.82. The fourth-order valence-electron chi connectivity index (χ4n) is 2.56. The Morgan fingerprint density at radius 2 is 2.00 bits per heavy atom. The molecule has 0 spiro atoms. The van der Waals surface area contributed by atoms with Gasteiger partial charge in [0.1, 0.15) is 0 Å². The average Bonchev–Trinajstić information content (AvgIpc) is 2.90. The third-order valence-electron chi connectivity index (χ3n) is 3.66. The second-order valence-corrected chi connectivity index (χ2v) is 6.77. The second-order valence-electron chi connectivity index (χ2n) is 5.08. The number of aromatic carboxylic acids is 1. The van der Waals surface area contributed by atoms with E-state index in [1.807, 2.05) is 6.92 Å². The summed E-state index contributed by atoms with van der Waals surface area (Å²) in [6, 6.07) is 4.24. The van der Waals surface area contributed by atoms with Crippen molar-refractivity contribution in [1.29, 1.82) is 0 Å². The van der Waals surface area contributed by atoms with E-state index < -0.39 is 16.0 Å². The van der Waals surface area contributed by atoms with Crippen LogP contribution in [-0.4, -0.2) is 25.5 Å². The molecule has 110 valence electrons. The minimum absolute atomic E-state index is 0.00556. The lowest BCUT2D eigenvalue weighted by Gasteiger charge is -2.15. The number of hydrogen-bond donors (Lipinski definition) is 2. The van der Waals surface area contributed by atoms with Crippen molar-refractivity contribution in [1.82, 2.24) is 4.72 Å². The van der Waals surface area contributed by atoms with E-state index in [1.54, 1.807) is 6.07 Å². The van der Waals surface area contributed by atoms with Gasteiger partial charge in [0.25, 0.3) is 0 Å². The summed E-state index contributed by atoms with van der Waals surface area (Å²) in [5.74, 6) is -1.12. The Bertz CT molecular complexity index is 604. The third-order valence-corrected chi connectivity index (χ3v) is 5.26. The molecule has 0 bridgehead atoms. The van der Waals surface area contributed by atoms with Gasteiger partial charge in [0, 0.05) is 6.04 Å². The van der Waals surface area contributed by atoms with Gasteiger partial charge in [0.15, 0.2) is 0 Å². The van der Waals surface area contributed by atoms with Crippen LogP contribution in [0.15, 0.2) is 23.1 Å². The summed E-state index contributed by atoms with van der Waals surface area (Å²) < 4.78 is 27.6. The smallest absolute Gasteiger partial charge is 0.335 e. The molecule has 2 N–H and O–H groups in total. The summed E-state index contributed by atoms with van der Waals surface area (Å²) in [6.45, 7) is 1.85. The lowest BCUT2D eigenvalue weighted by molar-refractivity contribution is 0.0696. The predicted molar refractivity (Wildman–Crippen MR) is 75.4 cm³/mol. The quantitative estimate of drug-likeness (QED) is 0.872. The molecule has 0 amide bonds. The highest BCUT2D eigenvalue weighted by Crippen LogP contribution is 2.23. The lowest BCUT2D eigenvalue weighted by Crippen LogP contribution is -2.33. The summed E-state index contributed by atoms with van der Waals surface area (Å²) in [6.07, 6.45) is 4.30. The van der Waals surface area contributed by atoms with E-state index in [4.69, 9.17) is 5.11 Å². The lowest BCUT2D eigenvalue weighted by atomic mass is 10.1. The number of aryl methyl sites for hydroxylation is 1. The molecule has 20 heavy (non-hydrogen) atoms. The van der Waals surface area contributed by atoms with Crippen LogP contribution < -0.4 is 4.72 Å². The summed E-state index contributed by atoms with van der Waals surface area (Å²) >= 11 is 0. The van der Waals surface area contributed by atoms with Gasteiger partial charge >= 0.3 is 5.97 Å². The van der Waals surface area contributed by atoms with Gasteiger partial charge in [0.05, 0.1) is 10.5 Å². The fourth-order valence-corrected chi connectivity index (χ4v) is 4.20. The Labute approximate surface area is 119 Å². The first-order chi connectivity index (χ1) is 9.44. The van der Waals surface area contributed by atoms with Crippen LogP contribution in [-0.2, 0) is 16.4 Å². The van der Waals surface area contributed by atoms with Crippen molar-refractivity contribution in [3.8, 4) is 0 Å². The predicted octanol–water partition coefficient (Wildman–Crippen LogP) is 2.17. The Balaban J connectivity index is 2.37. The molecule has 1 aromatic rings. The van der Waals surface area contributed by atoms with E-state index in [1.165, 1.54) is 12.1 Å². The topological polar surface area (TPSA) is 83.5 Å². The molecule has 0 unspecified atom stereocenters. The van der Waals surface area contributed by atoms with Gasteiger partial charge in [-0.1, -0.05) is 25.8 Å². The van der Waals surface area contributed by atoms with E-state index in [0.29, 0.717) is 12.0 Å². The van der Waals surface area contributed by atoms with Gasteiger partial charge in [-0.05, 0) is 37.0 Å². The minimum atomic E-state index is -3.66. The Morgan fingerprint density at radius 1 is 1.35 bits per heavy atom. The van der Waals surface area contributed by atoms with Crippen LogP contribution in [0.25, 0.3) is 0 Å². The molecule has 5 nitrogen and oxygen atoms in total. The molecule has 0 aromatic heterocycles. The highest BCUT2D eigenvalue weighted by molar-refractivity contribution is 7.89. The first kappa shape index (κ1) is 15.0. The van der Waals surface area contributed by atoms with E-state index >= 15 is 0 Å². The first-order valence-corrected chi connectivity index (χ1v) is 8.31. The van der Waals surface area contributed by atoms with Crippen molar-refractivity contribution in [3.05, 3.63) is 29.3 Å². The number of benzene rings is 1. The molecule has 6 heteroatoms. The molecule has 2 rings (SSSR count). The molecule has 1 aliphatic rings. The van der Waals surface area contributed by atoms with Crippen LogP contribution in [0.3, 0.4) is 0 Å². The van der Waals surface area contributed by atoms with Crippen molar-refractivity contribution in [2.24, 2.45) is 0 Å². The highest BCUT2D eigenvalue weighted by Gasteiger charge is 2.25. The monoisotopic (exact) mass is 297 g/mol. The Kier molecular flexibility index (Phi) is 4.45. The summed E-state index contributed by atoms with van der Waals surface area (Å²) in [5.41, 5.74) is 0.634. The van der Waals surface area contributed by atoms with Gasteiger partial charge in [0.2, 0.25) is 10.0 Å². The normalized spacial score (nSPS) is 16.4. The van der Waals surface area contributed by atoms with Gasteiger partial charge in [-0.25, -0.2) is 17.9 Å². The summed E-state index contributed by atoms with van der Waals surface area (Å²) in [7, 11) is -3.66. The molecule has 0 heterocycles. The molecular formula is C14H19NO4S. The molecule has 0 aliphatic heterocycles. The van der Waals surface area contributed by atoms with Crippen molar-refractivity contribution >= 4 is 16.0 Å². The molecule has 0 radical (unpaired) electrons. The number of hydrogen-bond acceptors (Lipinski definition) is 3. The van der Waals surface area contributed by atoms with E-state index in [2.05, 4.69) is 4.72 Å². The molecule has 1 saturated carbocycles. The maximum absolute atomic E-state index is 12.4. The Morgan fingerprint density at radius 3 is 2.55 bits per heavy atom. The van der Waals surface area contributed by atoms with E-state index in [9.17, 15) is 13.2 Å². The zero-order valence-corrected chi connectivity index (χ0v) is 12.2. The summed E-state index contributed by atoms with van der Waals surface area (Å²) in [4.78, 5) is 11.1. The van der Waals surface area contributed by atoms with Gasteiger partial charge in [-0.15, -0.1) is 0 Å². The highest BCUT2D eigenvalue weighted by atomic mass is 32.2. The SMILES string of the molecule is CCc1ccc(C(=O)O)cc1S(=O)(=O)NC1CCCC1. The van der Waals surface area contributed by atoms with Crippen LogP contribution in [0.1, 0.15) is 48.5 Å². The fraction of sp³-hybridized carbons (Fsp3) is 0.500. The zero-order valence-electron chi connectivity index (χ0n) is 11.4. The maximum atomic E-state index is 12.4. The largest absolute Gasteiger partial charge is 0.478 e. The number of carboxylic acid groups (broad SMARTS) is 1. The van der Waals surface area contributed by atoms with Crippen LogP contribution in [0.5, 0.6) is 0 Å². The van der Waals surface area contributed by atoms with Crippen LogP contribution in [0.2, 0.25) is 0 Å². The van der Waals surface area contributed by atoms with Gasteiger partial charge in [-0.3, -0.25) is 0 Å². The van der Waals surface area contributed by atoms with Gasteiger partial charge < -0.3 is 5.11 Å². The van der Waals surface area contributed by atoms with Crippen LogP contribution >= 0.6 is 0 Å². The molecule has 1 fully saturated rings. The number of carboxylic acids is 1. The summed E-state index contributed by atoms with van der Waals surface area (Å²) in [5, 5.41) is 9.01. The van der Waals surface area contributed by atoms with Crippen molar-refractivity contribution in [2.45, 2.75) is 50.0 Å². The van der Waals surface area contributed by atoms with Crippen molar-refractivity contribution in [2.75, 3.05) is 0 Å². The van der Waals surface area contributed by atoms with Crippen molar-refractivity contribution in [3.63, 3.8) is 0 Å². The molecule has 1 aromatic carbocycles. The van der Waals surface area contributed by atoms with E-state index in [0.717, 1.165) is 25.7 Å². The zero-order chi connectivity index (χ0) is 14.8. The van der Waals surface area contributed by atoms with E-state index in [-0.39, 0.29) is 16.5 Å². The number of rotatable bonds is 5. The third kappa shape index (κ3) is 3.19. The van der Waals surface area contributed by atoms with Gasteiger partial charge in [-0.2, -0.15) is 0 Å². The maximum Gasteiger partial charge on any atom is 0.335 e. The van der Waals surface area contributed by atoms with Crippen molar-refractivity contribution < 1.29 is 18.3 Å². The second kappa shape index (κ2) is 5.93. The number of nitrogens with one attached hydrogen (secondary N) is 1. The molecule has 0 saturated heterocycles. The number of carbonyl (C=O) groups is 1. The number of sulfonamides is 1. The average molecular weight is 297 g/mol. The molecular weight excluding hydrogens is 278 g/mol.